The van der Waals surface area contributed by atoms with Crippen molar-refractivity contribution in [3.8, 4) is 11.8 Å². The number of pyridine rings is 2. The lowest BCUT2D eigenvalue weighted by molar-refractivity contribution is 0.301. The molecule has 0 unspecified atom stereocenters. The molecule has 6 nitrogen and oxygen atoms in total. The van der Waals surface area contributed by atoms with Crippen LogP contribution in [0.5, 0.6) is 0 Å². The monoisotopic (exact) mass is 403 g/mol. The molecule has 1 saturated carbocycles. The third-order valence-corrected chi connectivity index (χ3v) is 4.75. The fraction of sp³-hybridized carbons (Fsp3) is 0.261. The summed E-state index contributed by atoms with van der Waals surface area (Å²) in [5.74, 6) is 7.27. The molecule has 7 heteroatoms. The number of hydrogen-bond donors (Lipinski definition) is 2. The number of fused-ring (bicyclic) bond motifs is 1. The number of anilines is 2. The molecule has 30 heavy (non-hydrogen) atoms. The van der Waals surface area contributed by atoms with Crippen LogP contribution in [0, 0.1) is 23.6 Å². The summed E-state index contributed by atoms with van der Waals surface area (Å²) >= 11 is 0. The van der Waals surface area contributed by atoms with Gasteiger partial charge in [-0.2, -0.15) is 0 Å². The van der Waals surface area contributed by atoms with Gasteiger partial charge in [0.25, 0.3) is 6.02 Å². The molecule has 152 valence electrons. The second kappa shape index (κ2) is 8.78. The summed E-state index contributed by atoms with van der Waals surface area (Å²) in [6.45, 7) is 0.238. The van der Waals surface area contributed by atoms with Gasteiger partial charge in [-0.05, 0) is 48.7 Å². The Morgan fingerprint density at radius 1 is 1.30 bits per heavy atom. The lowest BCUT2D eigenvalue weighted by atomic mass is 10.1. The van der Waals surface area contributed by atoms with Gasteiger partial charge in [0, 0.05) is 48.4 Å². The molecule has 0 radical (unpaired) electrons. The molecule has 0 saturated heterocycles. The van der Waals surface area contributed by atoms with Crippen molar-refractivity contribution >= 4 is 28.4 Å². The summed E-state index contributed by atoms with van der Waals surface area (Å²) in [4.78, 5) is 12.7. The maximum Gasteiger partial charge on any atom is 0.281 e. The number of ether oxygens (including phenoxy) is 1. The van der Waals surface area contributed by atoms with Crippen molar-refractivity contribution in [3.05, 3.63) is 59.7 Å². The van der Waals surface area contributed by atoms with Crippen LogP contribution in [-0.2, 0) is 11.2 Å². The lowest BCUT2D eigenvalue weighted by Gasteiger charge is -2.11. The molecule has 0 atom stereocenters. The first-order valence-electron chi connectivity index (χ1n) is 9.79. The van der Waals surface area contributed by atoms with Crippen LogP contribution in [0.2, 0.25) is 0 Å². The van der Waals surface area contributed by atoms with Crippen molar-refractivity contribution in [1.82, 2.24) is 9.97 Å². The average Bonchev–Trinajstić information content (AvgIpc) is 3.59. The molecule has 1 aromatic carbocycles. The van der Waals surface area contributed by atoms with E-state index in [-0.39, 0.29) is 18.4 Å². The number of aromatic nitrogens is 2. The number of rotatable bonds is 5. The van der Waals surface area contributed by atoms with Crippen molar-refractivity contribution in [2.75, 3.05) is 19.0 Å². The van der Waals surface area contributed by atoms with Crippen LogP contribution in [-0.4, -0.2) is 29.6 Å². The summed E-state index contributed by atoms with van der Waals surface area (Å²) < 4.78 is 19.4. The molecule has 2 heterocycles. The summed E-state index contributed by atoms with van der Waals surface area (Å²) in [6.07, 6.45) is 6.23. The van der Waals surface area contributed by atoms with Gasteiger partial charge in [0.2, 0.25) is 0 Å². The largest absolute Gasteiger partial charge is 0.465 e. The van der Waals surface area contributed by atoms with Gasteiger partial charge in [0.05, 0.1) is 6.61 Å². The standard InChI is InChI=1S/C23H22FN5O/c1-26-23(25)30-11-9-17-13-19(6-7-20(17)24)29-22-21-18(8-10-27-22)12-16(14-28-21)5-4-15-2-3-15/h6-8,10,12-15H,2-3,9,11H2,1H3,(H2,25,26)(H,27,29). The Labute approximate surface area is 174 Å². The Balaban J connectivity index is 1.53. The minimum atomic E-state index is -0.306. The Bertz CT molecular complexity index is 1160. The van der Waals surface area contributed by atoms with E-state index in [1.807, 2.05) is 12.1 Å². The van der Waals surface area contributed by atoms with E-state index in [9.17, 15) is 4.39 Å². The predicted octanol–water partition coefficient (Wildman–Crippen LogP) is 3.78. The maximum absolute atomic E-state index is 14.2. The normalized spacial score (nSPS) is 13.6. The van der Waals surface area contributed by atoms with Gasteiger partial charge in [-0.1, -0.05) is 11.8 Å². The van der Waals surface area contributed by atoms with Gasteiger partial charge < -0.3 is 15.8 Å². The highest BCUT2D eigenvalue weighted by molar-refractivity contribution is 5.90. The molecule has 1 aliphatic carbocycles. The fourth-order valence-corrected chi connectivity index (χ4v) is 2.94. The SMILES string of the molecule is CN=C(N)OCCc1cc(Nc2nccc3cc(C#CC4CC4)cnc23)ccc1F. The molecule has 0 amide bonds. The zero-order valence-corrected chi connectivity index (χ0v) is 16.7. The van der Waals surface area contributed by atoms with E-state index in [4.69, 9.17) is 10.5 Å². The summed E-state index contributed by atoms with van der Waals surface area (Å²) in [5.41, 5.74) is 8.35. The number of aliphatic imine (C=N–C) groups is 1. The lowest BCUT2D eigenvalue weighted by Crippen LogP contribution is -2.17. The zero-order chi connectivity index (χ0) is 20.9. The van der Waals surface area contributed by atoms with Gasteiger partial charge in [0.1, 0.15) is 11.3 Å². The third-order valence-electron chi connectivity index (χ3n) is 4.75. The number of nitrogens with zero attached hydrogens (tertiary/aromatic N) is 3. The van der Waals surface area contributed by atoms with E-state index >= 15 is 0 Å². The molecular weight excluding hydrogens is 381 g/mol. The van der Waals surface area contributed by atoms with E-state index < -0.39 is 0 Å². The molecule has 3 aromatic rings. The van der Waals surface area contributed by atoms with Gasteiger partial charge in [-0.3, -0.25) is 4.98 Å². The second-order valence-electron chi connectivity index (χ2n) is 7.09. The molecule has 1 fully saturated rings. The van der Waals surface area contributed by atoms with E-state index in [1.165, 1.54) is 26.0 Å². The first-order chi connectivity index (χ1) is 14.6. The van der Waals surface area contributed by atoms with E-state index in [0.29, 0.717) is 29.4 Å². The minimum absolute atomic E-state index is 0.0805. The van der Waals surface area contributed by atoms with E-state index in [0.717, 1.165) is 16.5 Å². The molecule has 4 rings (SSSR count). The smallest absolute Gasteiger partial charge is 0.281 e. The summed E-state index contributed by atoms with van der Waals surface area (Å²) in [7, 11) is 1.54. The topological polar surface area (TPSA) is 85.4 Å². The first kappa shape index (κ1) is 19.6. The highest BCUT2D eigenvalue weighted by atomic mass is 19.1. The number of benzene rings is 1. The highest BCUT2D eigenvalue weighted by Crippen LogP contribution is 2.28. The quantitative estimate of drug-likeness (QED) is 0.385. The van der Waals surface area contributed by atoms with Crippen molar-refractivity contribution in [1.29, 1.82) is 0 Å². The second-order valence-corrected chi connectivity index (χ2v) is 7.09. The molecule has 1 aliphatic rings. The first-order valence-corrected chi connectivity index (χ1v) is 9.79. The molecular formula is C23H22FN5O. The molecule has 0 aliphatic heterocycles. The van der Waals surface area contributed by atoms with Crippen LogP contribution in [0.3, 0.4) is 0 Å². The molecule has 2 aromatic heterocycles. The molecule has 3 N–H and O–H groups in total. The van der Waals surface area contributed by atoms with Crippen molar-refractivity contribution in [3.63, 3.8) is 0 Å². The van der Waals surface area contributed by atoms with Crippen LogP contribution in [0.4, 0.5) is 15.9 Å². The van der Waals surface area contributed by atoms with Crippen LogP contribution in [0.15, 0.2) is 47.7 Å². The van der Waals surface area contributed by atoms with Crippen molar-refractivity contribution in [2.45, 2.75) is 19.3 Å². The average molecular weight is 403 g/mol. The van der Waals surface area contributed by atoms with Gasteiger partial charge in [-0.25, -0.2) is 14.4 Å². The predicted molar refractivity (Wildman–Crippen MR) is 116 cm³/mol. The number of nitrogens with two attached hydrogens (primary N) is 1. The Morgan fingerprint density at radius 2 is 2.17 bits per heavy atom. The van der Waals surface area contributed by atoms with E-state index in [2.05, 4.69) is 32.1 Å². The van der Waals surface area contributed by atoms with Crippen LogP contribution < -0.4 is 11.1 Å². The third kappa shape index (κ3) is 4.84. The number of nitrogens with one attached hydrogen (secondary N) is 1. The van der Waals surface area contributed by atoms with Crippen LogP contribution in [0.25, 0.3) is 10.9 Å². The Kier molecular flexibility index (Phi) is 5.75. The van der Waals surface area contributed by atoms with Crippen molar-refractivity contribution < 1.29 is 9.13 Å². The van der Waals surface area contributed by atoms with Gasteiger partial charge in [-0.15, -0.1) is 0 Å². The highest BCUT2D eigenvalue weighted by Gasteiger charge is 2.17. The van der Waals surface area contributed by atoms with Crippen LogP contribution >= 0.6 is 0 Å². The zero-order valence-electron chi connectivity index (χ0n) is 16.7. The van der Waals surface area contributed by atoms with Gasteiger partial charge >= 0.3 is 0 Å². The fourth-order valence-electron chi connectivity index (χ4n) is 2.94. The van der Waals surface area contributed by atoms with E-state index in [1.54, 1.807) is 24.5 Å². The maximum atomic E-state index is 14.2. The Hall–Kier alpha value is -3.66. The summed E-state index contributed by atoms with van der Waals surface area (Å²) in [6, 6.07) is 8.81. The molecule has 0 bridgehead atoms. The number of amidine groups is 1. The number of halogens is 1. The Morgan fingerprint density at radius 3 is 2.97 bits per heavy atom. The van der Waals surface area contributed by atoms with Crippen LogP contribution in [0.1, 0.15) is 24.0 Å². The number of hydrogen-bond acceptors (Lipinski definition) is 5. The van der Waals surface area contributed by atoms with Gasteiger partial charge in [0.15, 0.2) is 5.82 Å². The van der Waals surface area contributed by atoms with Crippen molar-refractivity contribution in [2.24, 2.45) is 16.6 Å². The molecule has 0 spiro atoms. The summed E-state index contributed by atoms with van der Waals surface area (Å²) in [5, 5.41) is 4.18. The minimum Gasteiger partial charge on any atom is -0.465 e.